The topological polar surface area (TPSA) is 76.6 Å². The number of hydrogen-bond donors (Lipinski definition) is 1. The first-order valence-electron chi connectivity index (χ1n) is 4.46. The van der Waals surface area contributed by atoms with E-state index in [1.54, 1.807) is 12.1 Å². The van der Waals surface area contributed by atoms with Crippen molar-refractivity contribution >= 4 is 11.6 Å². The van der Waals surface area contributed by atoms with Gasteiger partial charge < -0.3 is 10.2 Å². The Morgan fingerprint density at radius 2 is 2.06 bits per heavy atom. The molecule has 6 heteroatoms. The number of carbonyl (C=O) groups is 1. The molecule has 0 aliphatic rings. The monoisotopic (exact) mass is 219 g/mol. The van der Waals surface area contributed by atoms with Crippen molar-refractivity contribution in [2.45, 2.75) is 6.54 Å². The fraction of sp³-hybridized carbons (Fsp3) is 0.200. The third-order valence-electron chi connectivity index (χ3n) is 1.86. The van der Waals surface area contributed by atoms with Gasteiger partial charge in [-0.05, 0) is 5.56 Å². The maximum absolute atomic E-state index is 11.0. The molecule has 1 N–H and O–H groups in total. The van der Waals surface area contributed by atoms with E-state index in [0.717, 1.165) is 5.56 Å². The Morgan fingerprint density at radius 1 is 1.44 bits per heavy atom. The van der Waals surface area contributed by atoms with Gasteiger partial charge in [-0.1, -0.05) is 12.1 Å². The van der Waals surface area contributed by atoms with Crippen LogP contribution >= 0.6 is 0 Å². The van der Waals surface area contributed by atoms with E-state index in [9.17, 15) is 14.9 Å². The standard InChI is InChI=1S/C10H9N3O3/c1-11-7-10(14)12-6-8-2-4-9(5-3-8)13(15)16/h2-5H,6-7H2,(H,12,14). The van der Waals surface area contributed by atoms with Crippen molar-refractivity contribution in [3.8, 4) is 0 Å². The number of nitro groups is 1. The molecule has 16 heavy (non-hydrogen) atoms. The molecule has 82 valence electrons. The second kappa shape index (κ2) is 5.46. The van der Waals surface area contributed by atoms with Crippen molar-refractivity contribution in [2.75, 3.05) is 6.54 Å². The van der Waals surface area contributed by atoms with E-state index >= 15 is 0 Å². The Balaban J connectivity index is 2.53. The molecule has 0 unspecified atom stereocenters. The predicted octanol–water partition coefficient (Wildman–Crippen LogP) is 1.13. The number of carbonyl (C=O) groups excluding carboxylic acids is 1. The summed E-state index contributed by atoms with van der Waals surface area (Å²) >= 11 is 0. The summed E-state index contributed by atoms with van der Waals surface area (Å²) in [5.74, 6) is -0.353. The molecule has 1 rings (SSSR count). The van der Waals surface area contributed by atoms with E-state index in [0.29, 0.717) is 0 Å². The first kappa shape index (κ1) is 11.7. The lowest BCUT2D eigenvalue weighted by Crippen LogP contribution is -2.24. The van der Waals surface area contributed by atoms with E-state index in [2.05, 4.69) is 10.2 Å². The number of nitro benzene ring substituents is 1. The number of non-ortho nitro benzene ring substituents is 1. The Hall–Kier alpha value is -2.42. The average Bonchev–Trinajstić information content (AvgIpc) is 2.27. The van der Waals surface area contributed by atoms with Crippen LogP contribution in [0.5, 0.6) is 0 Å². The zero-order valence-electron chi connectivity index (χ0n) is 8.34. The molecule has 1 aromatic rings. The molecule has 0 aromatic heterocycles. The van der Waals surface area contributed by atoms with Crippen LogP contribution in [-0.2, 0) is 11.3 Å². The fourth-order valence-electron chi connectivity index (χ4n) is 1.06. The van der Waals surface area contributed by atoms with Crippen LogP contribution in [0.3, 0.4) is 0 Å². The molecule has 0 atom stereocenters. The van der Waals surface area contributed by atoms with E-state index in [1.807, 2.05) is 0 Å². The Bertz CT molecular complexity index is 434. The summed E-state index contributed by atoms with van der Waals surface area (Å²) in [6.07, 6.45) is 0. The average molecular weight is 219 g/mol. The molecule has 1 amide bonds. The minimum atomic E-state index is -0.485. The Morgan fingerprint density at radius 3 is 2.56 bits per heavy atom. The van der Waals surface area contributed by atoms with Gasteiger partial charge in [0.15, 0.2) is 0 Å². The van der Waals surface area contributed by atoms with E-state index < -0.39 is 4.92 Å². The van der Waals surface area contributed by atoms with Crippen molar-refractivity contribution in [1.29, 1.82) is 0 Å². The lowest BCUT2D eigenvalue weighted by Gasteiger charge is -2.01. The summed E-state index contributed by atoms with van der Waals surface area (Å²) in [7, 11) is 0. The second-order valence-electron chi connectivity index (χ2n) is 3.02. The normalized spacial score (nSPS) is 9.19. The zero-order chi connectivity index (χ0) is 12.0. The third-order valence-corrected chi connectivity index (χ3v) is 1.86. The smallest absolute Gasteiger partial charge is 0.300 e. The SMILES string of the molecule is [C-]#[N+]CC(=O)NCc1ccc([N+](=O)[O-])cc1. The van der Waals surface area contributed by atoms with Crippen molar-refractivity contribution in [1.82, 2.24) is 5.32 Å². The molecule has 0 bridgehead atoms. The number of nitrogens with one attached hydrogen (secondary N) is 1. The summed E-state index contributed by atoms with van der Waals surface area (Å²) in [5.41, 5.74) is 0.764. The summed E-state index contributed by atoms with van der Waals surface area (Å²) in [6, 6.07) is 5.87. The number of benzene rings is 1. The van der Waals surface area contributed by atoms with Gasteiger partial charge in [0, 0.05) is 18.7 Å². The molecule has 0 saturated carbocycles. The second-order valence-corrected chi connectivity index (χ2v) is 3.02. The molecule has 0 spiro atoms. The van der Waals surface area contributed by atoms with Crippen LogP contribution < -0.4 is 5.32 Å². The third kappa shape index (κ3) is 3.38. The minimum Gasteiger partial charge on any atom is -0.346 e. The van der Waals surface area contributed by atoms with Crippen molar-refractivity contribution in [2.24, 2.45) is 0 Å². The highest BCUT2D eigenvalue weighted by Crippen LogP contribution is 2.11. The highest BCUT2D eigenvalue weighted by atomic mass is 16.6. The van der Waals surface area contributed by atoms with Crippen LogP contribution in [0.25, 0.3) is 4.85 Å². The Labute approximate surface area is 91.9 Å². The lowest BCUT2D eigenvalue weighted by atomic mass is 10.2. The van der Waals surface area contributed by atoms with Gasteiger partial charge in [-0.2, -0.15) is 0 Å². The van der Waals surface area contributed by atoms with Gasteiger partial charge in [0.2, 0.25) is 0 Å². The highest BCUT2D eigenvalue weighted by Gasteiger charge is 2.05. The first-order chi connectivity index (χ1) is 7.63. The number of nitrogens with zero attached hydrogens (tertiary/aromatic N) is 2. The van der Waals surface area contributed by atoms with E-state index in [1.165, 1.54) is 12.1 Å². The van der Waals surface area contributed by atoms with E-state index in [-0.39, 0.29) is 24.7 Å². The molecule has 0 saturated heterocycles. The molecule has 0 heterocycles. The van der Waals surface area contributed by atoms with Crippen LogP contribution in [0.4, 0.5) is 5.69 Å². The number of rotatable bonds is 4. The summed E-state index contributed by atoms with van der Waals surface area (Å²) < 4.78 is 0. The minimum absolute atomic E-state index is 0.0104. The van der Waals surface area contributed by atoms with Gasteiger partial charge >= 0.3 is 0 Å². The van der Waals surface area contributed by atoms with Gasteiger partial charge in [-0.25, -0.2) is 6.57 Å². The van der Waals surface area contributed by atoms with Crippen molar-refractivity contribution < 1.29 is 9.72 Å². The summed E-state index contributed by atoms with van der Waals surface area (Å²) in [6.45, 7) is 6.55. The van der Waals surface area contributed by atoms with Gasteiger partial charge in [0.05, 0.1) is 4.92 Å². The van der Waals surface area contributed by atoms with Gasteiger partial charge in [-0.15, -0.1) is 0 Å². The molecule has 1 aromatic carbocycles. The van der Waals surface area contributed by atoms with Crippen molar-refractivity contribution in [3.05, 3.63) is 51.4 Å². The largest absolute Gasteiger partial charge is 0.346 e. The highest BCUT2D eigenvalue weighted by molar-refractivity contribution is 5.79. The van der Waals surface area contributed by atoms with Gasteiger partial charge in [0.1, 0.15) is 0 Å². The molecule has 0 aliphatic heterocycles. The van der Waals surface area contributed by atoms with Gasteiger partial charge in [0.25, 0.3) is 18.1 Å². The number of hydrogen-bond acceptors (Lipinski definition) is 3. The molecular weight excluding hydrogens is 210 g/mol. The molecule has 6 nitrogen and oxygen atoms in total. The fourth-order valence-corrected chi connectivity index (χ4v) is 1.06. The van der Waals surface area contributed by atoms with Crippen LogP contribution in [0.1, 0.15) is 5.56 Å². The maximum Gasteiger partial charge on any atom is 0.300 e. The molecular formula is C10H9N3O3. The molecule has 0 radical (unpaired) electrons. The van der Waals surface area contributed by atoms with Crippen LogP contribution in [-0.4, -0.2) is 17.4 Å². The zero-order valence-corrected chi connectivity index (χ0v) is 8.34. The number of amides is 1. The van der Waals surface area contributed by atoms with Crippen LogP contribution in [0.15, 0.2) is 24.3 Å². The Kier molecular flexibility index (Phi) is 3.98. The summed E-state index contributed by atoms with van der Waals surface area (Å²) in [4.78, 5) is 23.8. The predicted molar refractivity (Wildman–Crippen MR) is 56.4 cm³/mol. The van der Waals surface area contributed by atoms with Crippen LogP contribution in [0, 0.1) is 16.7 Å². The van der Waals surface area contributed by atoms with Gasteiger partial charge in [-0.3, -0.25) is 14.9 Å². The lowest BCUT2D eigenvalue weighted by molar-refractivity contribution is -0.384. The van der Waals surface area contributed by atoms with Crippen molar-refractivity contribution in [3.63, 3.8) is 0 Å². The first-order valence-corrected chi connectivity index (χ1v) is 4.46. The van der Waals surface area contributed by atoms with E-state index in [4.69, 9.17) is 6.57 Å². The molecule has 0 aliphatic carbocycles. The quantitative estimate of drug-likeness (QED) is 0.468. The maximum atomic E-state index is 11.0. The van der Waals surface area contributed by atoms with Crippen LogP contribution in [0.2, 0.25) is 0 Å². The summed E-state index contributed by atoms with van der Waals surface area (Å²) in [5, 5.41) is 12.9. The molecule has 0 fully saturated rings.